The van der Waals surface area contributed by atoms with Gasteiger partial charge < -0.3 is 15.4 Å². The van der Waals surface area contributed by atoms with Crippen molar-refractivity contribution >= 4 is 11.6 Å². The number of para-hydroxylation sites is 1. The van der Waals surface area contributed by atoms with Crippen molar-refractivity contribution in [3.05, 3.63) is 65.7 Å². The van der Waals surface area contributed by atoms with E-state index in [1.807, 2.05) is 30.3 Å². The summed E-state index contributed by atoms with van der Waals surface area (Å²) in [5.74, 6) is 0.754. The van der Waals surface area contributed by atoms with Crippen LogP contribution in [0, 0.1) is 6.92 Å². The SMILES string of the molecule is COCCNC(=NCc1ccc(C)cc1)Nc1ccccc1. The highest BCUT2D eigenvalue weighted by atomic mass is 16.5. The smallest absolute Gasteiger partial charge is 0.196 e. The largest absolute Gasteiger partial charge is 0.383 e. The Morgan fingerprint density at radius 3 is 2.45 bits per heavy atom. The van der Waals surface area contributed by atoms with Gasteiger partial charge >= 0.3 is 0 Å². The Morgan fingerprint density at radius 2 is 1.77 bits per heavy atom. The molecule has 116 valence electrons. The Morgan fingerprint density at radius 1 is 1.05 bits per heavy atom. The Bertz CT molecular complexity index is 579. The van der Waals surface area contributed by atoms with Crippen LogP contribution in [-0.4, -0.2) is 26.2 Å². The van der Waals surface area contributed by atoms with Crippen LogP contribution < -0.4 is 10.6 Å². The summed E-state index contributed by atoms with van der Waals surface area (Å²) in [6.07, 6.45) is 0. The molecule has 0 atom stereocenters. The average molecular weight is 297 g/mol. The normalized spacial score (nSPS) is 11.3. The molecule has 0 radical (unpaired) electrons. The monoisotopic (exact) mass is 297 g/mol. The van der Waals surface area contributed by atoms with E-state index in [2.05, 4.69) is 46.8 Å². The van der Waals surface area contributed by atoms with Gasteiger partial charge in [-0.2, -0.15) is 0 Å². The molecule has 0 spiro atoms. The van der Waals surface area contributed by atoms with Crippen LogP contribution in [-0.2, 0) is 11.3 Å². The lowest BCUT2D eigenvalue weighted by atomic mass is 10.1. The van der Waals surface area contributed by atoms with Crippen LogP contribution in [0.2, 0.25) is 0 Å². The topological polar surface area (TPSA) is 45.6 Å². The average Bonchev–Trinajstić information content (AvgIpc) is 2.55. The van der Waals surface area contributed by atoms with Crippen molar-refractivity contribution in [2.24, 2.45) is 4.99 Å². The lowest BCUT2D eigenvalue weighted by Crippen LogP contribution is -2.33. The van der Waals surface area contributed by atoms with Crippen molar-refractivity contribution in [2.75, 3.05) is 25.6 Å². The Labute approximate surface area is 132 Å². The molecule has 0 aromatic heterocycles. The minimum absolute atomic E-state index is 0.634. The van der Waals surface area contributed by atoms with Crippen LogP contribution in [0.5, 0.6) is 0 Å². The maximum atomic E-state index is 5.07. The van der Waals surface area contributed by atoms with E-state index in [-0.39, 0.29) is 0 Å². The molecule has 0 fully saturated rings. The first-order chi connectivity index (χ1) is 10.8. The number of ether oxygens (including phenoxy) is 1. The van der Waals surface area contributed by atoms with Crippen molar-refractivity contribution in [1.29, 1.82) is 0 Å². The van der Waals surface area contributed by atoms with Gasteiger partial charge in [0.15, 0.2) is 5.96 Å². The van der Waals surface area contributed by atoms with Crippen LogP contribution in [0.3, 0.4) is 0 Å². The predicted molar refractivity (Wildman–Crippen MR) is 92.3 cm³/mol. The summed E-state index contributed by atoms with van der Waals surface area (Å²) in [7, 11) is 1.69. The molecule has 0 bridgehead atoms. The van der Waals surface area contributed by atoms with E-state index in [1.165, 1.54) is 11.1 Å². The summed E-state index contributed by atoms with van der Waals surface area (Å²) >= 11 is 0. The van der Waals surface area contributed by atoms with Crippen molar-refractivity contribution < 1.29 is 4.74 Å². The number of anilines is 1. The Hall–Kier alpha value is -2.33. The van der Waals surface area contributed by atoms with Gasteiger partial charge in [-0.25, -0.2) is 4.99 Å². The molecule has 0 saturated carbocycles. The van der Waals surface area contributed by atoms with E-state index < -0.39 is 0 Å². The minimum atomic E-state index is 0.634. The molecular formula is C18H23N3O. The van der Waals surface area contributed by atoms with Gasteiger partial charge in [0.2, 0.25) is 0 Å². The number of nitrogens with zero attached hydrogens (tertiary/aromatic N) is 1. The standard InChI is InChI=1S/C18H23N3O/c1-15-8-10-16(11-9-15)14-20-18(19-12-13-22-2)21-17-6-4-3-5-7-17/h3-11H,12-14H2,1-2H3,(H2,19,20,21). The third-order valence-corrected chi connectivity index (χ3v) is 3.18. The number of benzene rings is 2. The van der Waals surface area contributed by atoms with E-state index >= 15 is 0 Å². The van der Waals surface area contributed by atoms with E-state index in [9.17, 15) is 0 Å². The summed E-state index contributed by atoms with van der Waals surface area (Å²) in [4.78, 5) is 4.63. The molecule has 4 heteroatoms. The number of aryl methyl sites for hydroxylation is 1. The van der Waals surface area contributed by atoms with Gasteiger partial charge in [-0.15, -0.1) is 0 Å². The van der Waals surface area contributed by atoms with E-state index in [0.717, 1.165) is 11.6 Å². The van der Waals surface area contributed by atoms with Crippen molar-refractivity contribution in [3.63, 3.8) is 0 Å². The first-order valence-corrected chi connectivity index (χ1v) is 7.43. The molecule has 0 unspecified atom stereocenters. The van der Waals surface area contributed by atoms with E-state index in [0.29, 0.717) is 19.7 Å². The second-order valence-electron chi connectivity index (χ2n) is 5.06. The number of methoxy groups -OCH3 is 1. The number of nitrogens with one attached hydrogen (secondary N) is 2. The second kappa shape index (κ2) is 8.85. The maximum absolute atomic E-state index is 5.07. The number of guanidine groups is 1. The molecule has 2 aromatic rings. The first kappa shape index (κ1) is 16.0. The summed E-state index contributed by atoms with van der Waals surface area (Å²) in [5, 5.41) is 6.57. The third-order valence-electron chi connectivity index (χ3n) is 3.18. The fourth-order valence-electron chi connectivity index (χ4n) is 1.93. The van der Waals surface area contributed by atoms with E-state index in [1.54, 1.807) is 7.11 Å². The summed E-state index contributed by atoms with van der Waals surface area (Å²) < 4.78 is 5.07. The quantitative estimate of drug-likeness (QED) is 0.489. The highest BCUT2D eigenvalue weighted by Gasteiger charge is 2.00. The number of hydrogen-bond donors (Lipinski definition) is 2. The highest BCUT2D eigenvalue weighted by Crippen LogP contribution is 2.07. The number of hydrogen-bond acceptors (Lipinski definition) is 2. The summed E-state index contributed by atoms with van der Waals surface area (Å²) in [5.41, 5.74) is 3.45. The predicted octanol–water partition coefficient (Wildman–Crippen LogP) is 3.20. The van der Waals surface area contributed by atoms with Crippen LogP contribution in [0.15, 0.2) is 59.6 Å². The molecule has 0 heterocycles. The third kappa shape index (κ3) is 5.58. The molecule has 2 N–H and O–H groups in total. The van der Waals surface area contributed by atoms with Crippen molar-refractivity contribution in [2.45, 2.75) is 13.5 Å². The van der Waals surface area contributed by atoms with Crippen LogP contribution in [0.25, 0.3) is 0 Å². The zero-order valence-electron chi connectivity index (χ0n) is 13.2. The summed E-state index contributed by atoms with van der Waals surface area (Å²) in [6.45, 7) is 4.07. The van der Waals surface area contributed by atoms with E-state index in [4.69, 9.17) is 4.74 Å². The lowest BCUT2D eigenvalue weighted by molar-refractivity contribution is 0.204. The van der Waals surface area contributed by atoms with Crippen molar-refractivity contribution in [1.82, 2.24) is 5.32 Å². The van der Waals surface area contributed by atoms with Gasteiger partial charge in [0.05, 0.1) is 13.2 Å². The Kier molecular flexibility index (Phi) is 6.45. The van der Waals surface area contributed by atoms with Crippen LogP contribution >= 0.6 is 0 Å². The number of rotatable bonds is 6. The zero-order valence-corrected chi connectivity index (χ0v) is 13.2. The molecule has 0 aliphatic heterocycles. The molecule has 22 heavy (non-hydrogen) atoms. The highest BCUT2D eigenvalue weighted by molar-refractivity contribution is 5.93. The first-order valence-electron chi connectivity index (χ1n) is 7.43. The van der Waals surface area contributed by atoms with Crippen molar-refractivity contribution in [3.8, 4) is 0 Å². The van der Waals surface area contributed by atoms with Gasteiger partial charge in [-0.1, -0.05) is 48.0 Å². The molecule has 4 nitrogen and oxygen atoms in total. The number of aliphatic imine (C=N–C) groups is 1. The fourth-order valence-corrected chi connectivity index (χ4v) is 1.93. The molecule has 0 aliphatic carbocycles. The van der Waals surface area contributed by atoms with Gasteiger partial charge in [0, 0.05) is 19.3 Å². The van der Waals surface area contributed by atoms with Crippen LogP contribution in [0.1, 0.15) is 11.1 Å². The molecule has 0 aliphatic rings. The molecule has 0 saturated heterocycles. The van der Waals surface area contributed by atoms with Gasteiger partial charge in [-0.3, -0.25) is 0 Å². The van der Waals surface area contributed by atoms with Gasteiger partial charge in [-0.05, 0) is 24.6 Å². The molecule has 0 amide bonds. The molecule has 2 rings (SSSR count). The van der Waals surface area contributed by atoms with Gasteiger partial charge in [0.1, 0.15) is 0 Å². The summed E-state index contributed by atoms with van der Waals surface area (Å²) in [6, 6.07) is 18.4. The minimum Gasteiger partial charge on any atom is -0.383 e. The Balaban J connectivity index is 2.02. The lowest BCUT2D eigenvalue weighted by Gasteiger charge is -2.12. The fraction of sp³-hybridized carbons (Fsp3) is 0.278. The van der Waals surface area contributed by atoms with Gasteiger partial charge in [0.25, 0.3) is 0 Å². The molecular weight excluding hydrogens is 274 g/mol. The zero-order chi connectivity index (χ0) is 15.6. The maximum Gasteiger partial charge on any atom is 0.196 e. The van der Waals surface area contributed by atoms with Crippen LogP contribution in [0.4, 0.5) is 5.69 Å². The molecule has 2 aromatic carbocycles. The second-order valence-corrected chi connectivity index (χ2v) is 5.06.